The predicted octanol–water partition coefficient (Wildman–Crippen LogP) is 2.69. The van der Waals surface area contributed by atoms with Crippen molar-refractivity contribution < 1.29 is 9.67 Å². The molecule has 0 atom stereocenters. The highest BCUT2D eigenvalue weighted by Gasteiger charge is 2.23. The average Bonchev–Trinajstić information content (AvgIpc) is 2.08. The van der Waals surface area contributed by atoms with Crippen LogP contribution in [0.4, 0.5) is 0 Å². The number of nitrogens with zero attached hydrogens (tertiary/aromatic N) is 1. The molecule has 0 fully saturated rings. The summed E-state index contributed by atoms with van der Waals surface area (Å²) in [5.41, 5.74) is 1.98. The molecule has 1 heterocycles. The second-order valence-corrected chi connectivity index (χ2v) is 4.39. The Labute approximate surface area is 86.2 Å². The zero-order chi connectivity index (χ0) is 10.9. The van der Waals surface area contributed by atoms with E-state index in [1.165, 1.54) is 0 Å². The summed E-state index contributed by atoms with van der Waals surface area (Å²) in [4.78, 5) is 0. The fraction of sp³-hybridized carbons (Fsp3) is 0.583. The second kappa shape index (κ2) is 3.99. The quantitative estimate of drug-likeness (QED) is 0.719. The summed E-state index contributed by atoms with van der Waals surface area (Å²) in [6.07, 6.45) is 2.05. The minimum atomic E-state index is 0.345. The molecule has 0 radical (unpaired) electrons. The summed E-state index contributed by atoms with van der Waals surface area (Å²) >= 11 is 0. The normalized spacial score (nSPS) is 11.4. The van der Waals surface area contributed by atoms with Crippen molar-refractivity contribution in [3.63, 3.8) is 0 Å². The van der Waals surface area contributed by atoms with Crippen LogP contribution in [0.25, 0.3) is 0 Å². The Balaban J connectivity index is 3.38. The third-order valence-electron chi connectivity index (χ3n) is 2.48. The molecule has 0 amide bonds. The molecule has 0 aromatic carbocycles. The molecule has 0 spiro atoms. The van der Waals surface area contributed by atoms with Crippen molar-refractivity contribution in [2.45, 2.75) is 46.6 Å². The van der Waals surface area contributed by atoms with Crippen molar-refractivity contribution in [2.75, 3.05) is 0 Å². The van der Waals surface area contributed by atoms with E-state index in [9.17, 15) is 5.11 Å². The van der Waals surface area contributed by atoms with E-state index in [-0.39, 0.29) is 0 Å². The van der Waals surface area contributed by atoms with Gasteiger partial charge >= 0.3 is 0 Å². The summed E-state index contributed by atoms with van der Waals surface area (Å²) in [5.74, 6) is 0.786. The van der Waals surface area contributed by atoms with Crippen LogP contribution in [0.15, 0.2) is 12.3 Å². The molecule has 1 N–H and O–H groups in total. The summed E-state index contributed by atoms with van der Waals surface area (Å²) in [6, 6.07) is 2.35. The molecule has 1 aromatic rings. The van der Waals surface area contributed by atoms with E-state index < -0.39 is 0 Å². The number of aromatic hydroxyl groups is 1. The minimum Gasteiger partial charge on any atom is -0.502 e. The van der Waals surface area contributed by atoms with Crippen LogP contribution in [0.5, 0.6) is 5.75 Å². The fourth-order valence-corrected chi connectivity index (χ4v) is 1.70. The van der Waals surface area contributed by atoms with Gasteiger partial charge in [0.2, 0.25) is 5.69 Å². The van der Waals surface area contributed by atoms with E-state index in [0.29, 0.717) is 17.7 Å². The van der Waals surface area contributed by atoms with E-state index in [0.717, 1.165) is 11.3 Å². The Bertz CT molecular complexity index is 329. The molecule has 0 unspecified atom stereocenters. The number of aryl methyl sites for hydroxylation is 1. The van der Waals surface area contributed by atoms with Gasteiger partial charge in [-0.05, 0) is 20.8 Å². The molecule has 14 heavy (non-hydrogen) atoms. The molecule has 78 valence electrons. The summed E-state index contributed by atoms with van der Waals surface area (Å²) in [5, 5.41) is 9.98. The van der Waals surface area contributed by atoms with Crippen LogP contribution in [0.2, 0.25) is 0 Å². The second-order valence-electron chi connectivity index (χ2n) is 4.39. The van der Waals surface area contributed by atoms with Gasteiger partial charge in [0.05, 0.1) is 0 Å². The minimum absolute atomic E-state index is 0.345. The molecule has 0 aliphatic heterocycles. The van der Waals surface area contributed by atoms with Crippen LogP contribution in [0.1, 0.15) is 50.9 Å². The van der Waals surface area contributed by atoms with E-state index in [4.69, 9.17) is 0 Å². The Morgan fingerprint density at radius 2 is 1.79 bits per heavy atom. The lowest BCUT2D eigenvalue weighted by atomic mass is 10.0. The molecule has 0 aliphatic rings. The first-order valence-electron chi connectivity index (χ1n) is 5.18. The van der Waals surface area contributed by atoms with Crippen LogP contribution in [-0.2, 0) is 0 Å². The maximum Gasteiger partial charge on any atom is 0.226 e. The van der Waals surface area contributed by atoms with Gasteiger partial charge < -0.3 is 5.11 Å². The maximum atomic E-state index is 9.98. The molecular weight excluding hydrogens is 174 g/mol. The van der Waals surface area contributed by atoms with E-state index in [1.54, 1.807) is 0 Å². The van der Waals surface area contributed by atoms with Crippen molar-refractivity contribution in [1.82, 2.24) is 0 Å². The lowest BCUT2D eigenvalue weighted by Crippen LogP contribution is -2.41. The number of hydrogen-bond donors (Lipinski definition) is 1. The van der Waals surface area contributed by atoms with Gasteiger partial charge in [0.15, 0.2) is 18.0 Å². The lowest BCUT2D eigenvalue weighted by Gasteiger charge is -2.12. The number of aromatic nitrogens is 1. The lowest BCUT2D eigenvalue weighted by molar-refractivity contribution is -0.724. The zero-order valence-electron chi connectivity index (χ0n) is 9.70. The number of pyridine rings is 1. The average molecular weight is 194 g/mol. The van der Waals surface area contributed by atoms with Gasteiger partial charge in [0, 0.05) is 17.5 Å². The first-order chi connectivity index (χ1) is 6.45. The Morgan fingerprint density at radius 3 is 2.21 bits per heavy atom. The van der Waals surface area contributed by atoms with Gasteiger partial charge in [-0.25, -0.2) is 0 Å². The first-order valence-corrected chi connectivity index (χ1v) is 5.18. The standard InChI is InChI=1S/C12H19NO/c1-8(2)11-12(14)10(5)6-7-13(11)9(3)4/h6-9H,1-5H3/p+1. The van der Waals surface area contributed by atoms with Gasteiger partial charge in [-0.15, -0.1) is 0 Å². The molecule has 2 nitrogen and oxygen atoms in total. The monoisotopic (exact) mass is 194 g/mol. The summed E-state index contributed by atoms with van der Waals surface area (Å²) < 4.78 is 2.13. The van der Waals surface area contributed by atoms with Crippen molar-refractivity contribution in [2.24, 2.45) is 0 Å². The van der Waals surface area contributed by atoms with Crippen LogP contribution in [0, 0.1) is 6.92 Å². The maximum absolute atomic E-state index is 9.98. The molecule has 2 heteroatoms. The third-order valence-corrected chi connectivity index (χ3v) is 2.48. The van der Waals surface area contributed by atoms with Crippen LogP contribution in [-0.4, -0.2) is 5.11 Å². The molecule has 1 aromatic heterocycles. The van der Waals surface area contributed by atoms with Gasteiger partial charge in [-0.3, -0.25) is 0 Å². The fourth-order valence-electron chi connectivity index (χ4n) is 1.70. The van der Waals surface area contributed by atoms with E-state index >= 15 is 0 Å². The van der Waals surface area contributed by atoms with Gasteiger partial charge in [0.25, 0.3) is 0 Å². The predicted molar refractivity (Wildman–Crippen MR) is 57.5 cm³/mol. The third kappa shape index (κ3) is 1.89. The van der Waals surface area contributed by atoms with Crippen molar-refractivity contribution in [1.29, 1.82) is 0 Å². The van der Waals surface area contributed by atoms with Gasteiger partial charge in [-0.1, -0.05) is 13.8 Å². The molecule has 0 aliphatic carbocycles. The first kappa shape index (κ1) is 11.0. The Kier molecular flexibility index (Phi) is 3.14. The zero-order valence-corrected chi connectivity index (χ0v) is 9.70. The highest BCUT2D eigenvalue weighted by atomic mass is 16.3. The number of rotatable bonds is 2. The van der Waals surface area contributed by atoms with Crippen molar-refractivity contribution in [3.05, 3.63) is 23.5 Å². The SMILES string of the molecule is Cc1cc[n+](C(C)C)c(C(C)C)c1O. The van der Waals surface area contributed by atoms with Gasteiger partial charge in [0.1, 0.15) is 0 Å². The topological polar surface area (TPSA) is 24.1 Å². The molecule has 1 rings (SSSR count). The Hall–Kier alpha value is -1.05. The van der Waals surface area contributed by atoms with Crippen LogP contribution in [0.3, 0.4) is 0 Å². The molecular formula is C12H20NO+. The number of hydrogen-bond acceptors (Lipinski definition) is 1. The van der Waals surface area contributed by atoms with E-state index in [2.05, 4.69) is 38.5 Å². The molecule has 0 saturated heterocycles. The molecule has 0 saturated carbocycles. The van der Waals surface area contributed by atoms with Gasteiger partial charge in [-0.2, -0.15) is 4.57 Å². The smallest absolute Gasteiger partial charge is 0.226 e. The summed E-state index contributed by atoms with van der Waals surface area (Å²) in [6.45, 7) is 10.4. The van der Waals surface area contributed by atoms with E-state index in [1.807, 2.05) is 13.0 Å². The van der Waals surface area contributed by atoms with Crippen molar-refractivity contribution in [3.8, 4) is 5.75 Å². The highest BCUT2D eigenvalue weighted by Crippen LogP contribution is 2.25. The highest BCUT2D eigenvalue weighted by molar-refractivity contribution is 5.32. The molecule has 0 bridgehead atoms. The summed E-state index contributed by atoms with van der Waals surface area (Å²) in [7, 11) is 0. The largest absolute Gasteiger partial charge is 0.502 e. The van der Waals surface area contributed by atoms with Crippen LogP contribution < -0.4 is 4.57 Å². The van der Waals surface area contributed by atoms with Crippen molar-refractivity contribution >= 4 is 0 Å². The van der Waals surface area contributed by atoms with Crippen LogP contribution >= 0.6 is 0 Å². The Morgan fingerprint density at radius 1 is 1.21 bits per heavy atom.